The van der Waals surface area contributed by atoms with Gasteiger partial charge in [-0.25, -0.2) is 13.2 Å². The molecule has 7 nitrogen and oxygen atoms in total. The van der Waals surface area contributed by atoms with Crippen LogP contribution in [0.3, 0.4) is 0 Å². The summed E-state index contributed by atoms with van der Waals surface area (Å²) in [6.45, 7) is 2.27. The van der Waals surface area contributed by atoms with Gasteiger partial charge in [0.25, 0.3) is 10.0 Å². The Balaban J connectivity index is 1.36. The fourth-order valence-corrected chi connectivity index (χ4v) is 6.41. The molecule has 0 radical (unpaired) electrons. The monoisotopic (exact) mass is 557 g/mol. The lowest BCUT2D eigenvalue weighted by Crippen LogP contribution is -2.14. The van der Waals surface area contributed by atoms with E-state index in [1.807, 2.05) is 0 Å². The van der Waals surface area contributed by atoms with Gasteiger partial charge in [0.05, 0.1) is 11.0 Å². The third-order valence-corrected chi connectivity index (χ3v) is 8.86. The maximum absolute atomic E-state index is 13.0. The number of phenols is 1. The molecule has 0 saturated carbocycles. The van der Waals surface area contributed by atoms with Crippen LogP contribution in [-0.4, -0.2) is 23.5 Å². The van der Waals surface area contributed by atoms with Gasteiger partial charge in [-0.3, -0.25) is 4.72 Å². The summed E-state index contributed by atoms with van der Waals surface area (Å²) in [5.74, 6) is 0.0498. The fraction of sp³-hybridized carbons (Fsp3) is 0.581. The van der Waals surface area contributed by atoms with Crippen LogP contribution in [-0.2, 0) is 16.4 Å². The van der Waals surface area contributed by atoms with E-state index < -0.39 is 15.7 Å². The Morgan fingerprint density at radius 3 is 1.69 bits per heavy atom. The Hall–Kier alpha value is -2.74. The van der Waals surface area contributed by atoms with Crippen molar-refractivity contribution in [2.45, 2.75) is 121 Å². The lowest BCUT2D eigenvalue weighted by atomic mass is 10.0. The van der Waals surface area contributed by atoms with Crippen LogP contribution in [0.15, 0.2) is 46.1 Å². The van der Waals surface area contributed by atoms with E-state index in [1.165, 1.54) is 114 Å². The lowest BCUT2D eigenvalue weighted by Gasteiger charge is -2.11. The number of nitrogens with one attached hydrogen (secondary N) is 3. The van der Waals surface area contributed by atoms with Crippen molar-refractivity contribution in [3.05, 3.63) is 52.4 Å². The molecule has 39 heavy (non-hydrogen) atoms. The van der Waals surface area contributed by atoms with Gasteiger partial charge in [-0.15, -0.1) is 0 Å². The Morgan fingerprint density at radius 2 is 1.15 bits per heavy atom. The first-order chi connectivity index (χ1) is 18.9. The minimum absolute atomic E-state index is 0.0136. The summed E-state index contributed by atoms with van der Waals surface area (Å²) in [6, 6.07) is 9.13. The molecule has 8 heteroatoms. The molecule has 0 amide bonds. The van der Waals surface area contributed by atoms with Crippen LogP contribution in [0.1, 0.15) is 115 Å². The number of H-pyrrole nitrogens is 2. The van der Waals surface area contributed by atoms with Gasteiger partial charge >= 0.3 is 5.69 Å². The minimum atomic E-state index is -3.93. The summed E-state index contributed by atoms with van der Waals surface area (Å²) in [7, 11) is -3.93. The quantitative estimate of drug-likeness (QED) is 0.0828. The molecule has 216 valence electrons. The third-order valence-electron chi connectivity index (χ3n) is 7.44. The number of sulfonamides is 1. The van der Waals surface area contributed by atoms with Crippen molar-refractivity contribution in [3.63, 3.8) is 0 Å². The van der Waals surface area contributed by atoms with E-state index in [-0.39, 0.29) is 10.6 Å². The van der Waals surface area contributed by atoms with E-state index in [2.05, 4.69) is 21.6 Å². The van der Waals surface area contributed by atoms with Gasteiger partial charge in [-0.2, -0.15) is 0 Å². The molecule has 0 aliphatic carbocycles. The average molecular weight is 558 g/mol. The zero-order valence-corrected chi connectivity index (χ0v) is 24.4. The molecule has 1 heterocycles. The van der Waals surface area contributed by atoms with Crippen molar-refractivity contribution in [3.8, 4) is 5.75 Å². The average Bonchev–Trinajstić information content (AvgIpc) is 3.31. The predicted octanol–water partition coefficient (Wildman–Crippen LogP) is 8.17. The molecule has 3 aromatic rings. The third kappa shape index (κ3) is 10.4. The second kappa shape index (κ2) is 16.4. The van der Waals surface area contributed by atoms with Crippen molar-refractivity contribution in [2.75, 3.05) is 4.72 Å². The van der Waals surface area contributed by atoms with Crippen LogP contribution in [0.4, 0.5) is 5.69 Å². The highest BCUT2D eigenvalue weighted by Crippen LogP contribution is 2.26. The number of phenolic OH excluding ortho intramolecular Hbond substituents is 1. The topological polar surface area (TPSA) is 115 Å². The zero-order chi connectivity index (χ0) is 27.9. The van der Waals surface area contributed by atoms with E-state index >= 15 is 0 Å². The summed E-state index contributed by atoms with van der Waals surface area (Å²) in [5.41, 5.74) is 1.69. The van der Waals surface area contributed by atoms with E-state index in [4.69, 9.17) is 0 Å². The normalized spacial score (nSPS) is 11.8. The molecule has 0 saturated heterocycles. The molecule has 0 aliphatic rings. The molecule has 3 rings (SSSR count). The minimum Gasteiger partial charge on any atom is -0.508 e. The molecule has 0 unspecified atom stereocenters. The number of rotatable bonds is 20. The smallest absolute Gasteiger partial charge is 0.323 e. The van der Waals surface area contributed by atoms with Gasteiger partial charge in [-0.1, -0.05) is 109 Å². The Labute approximate surface area is 233 Å². The van der Waals surface area contributed by atoms with E-state index in [1.54, 1.807) is 12.1 Å². The van der Waals surface area contributed by atoms with Gasteiger partial charge < -0.3 is 15.1 Å². The van der Waals surface area contributed by atoms with Gasteiger partial charge in [0.2, 0.25) is 0 Å². The summed E-state index contributed by atoms with van der Waals surface area (Å²) >= 11 is 0. The molecule has 0 fully saturated rings. The molecular weight excluding hydrogens is 510 g/mol. The van der Waals surface area contributed by atoms with Crippen molar-refractivity contribution in [2.24, 2.45) is 0 Å². The maximum atomic E-state index is 13.0. The number of benzene rings is 2. The summed E-state index contributed by atoms with van der Waals surface area (Å²) in [4.78, 5) is 17.5. The molecule has 1 aromatic heterocycles. The second-order valence-electron chi connectivity index (χ2n) is 10.8. The highest BCUT2D eigenvalue weighted by atomic mass is 32.2. The first-order valence-corrected chi connectivity index (χ1v) is 16.4. The van der Waals surface area contributed by atoms with Crippen LogP contribution in [0.25, 0.3) is 11.0 Å². The lowest BCUT2D eigenvalue weighted by molar-refractivity contribution is 0.475. The van der Waals surface area contributed by atoms with Crippen LogP contribution < -0.4 is 10.4 Å². The number of fused-ring (bicyclic) bond motifs is 1. The Kier molecular flexibility index (Phi) is 12.9. The Bertz CT molecular complexity index is 1280. The van der Waals surface area contributed by atoms with E-state index in [9.17, 15) is 18.3 Å². The van der Waals surface area contributed by atoms with Gasteiger partial charge in [-0.05, 0) is 48.7 Å². The van der Waals surface area contributed by atoms with E-state index in [0.29, 0.717) is 16.7 Å². The van der Waals surface area contributed by atoms with Crippen molar-refractivity contribution in [1.29, 1.82) is 0 Å². The number of unbranched alkanes of at least 4 members (excludes halogenated alkanes) is 15. The number of aromatic hydroxyl groups is 1. The number of aromatic amines is 2. The van der Waals surface area contributed by atoms with Gasteiger partial charge in [0.15, 0.2) is 0 Å². The van der Waals surface area contributed by atoms with Crippen LogP contribution in [0.5, 0.6) is 5.75 Å². The maximum Gasteiger partial charge on any atom is 0.323 e. The zero-order valence-electron chi connectivity index (χ0n) is 23.6. The predicted molar refractivity (Wildman–Crippen MR) is 161 cm³/mol. The summed E-state index contributed by atoms with van der Waals surface area (Å²) in [6.07, 6.45) is 21.8. The summed E-state index contributed by atoms with van der Waals surface area (Å²) < 4.78 is 28.6. The standard InChI is InChI=1S/C31H47N3O4S/c1-2-3-4-5-6-7-8-9-10-11-12-13-14-15-16-17-18-25-19-24-28(30-29(25)32-31(36)33-30)39(37,38)34-26-20-22-27(35)23-21-26/h19-24,34-35H,2-18H2,1H3,(H2,32,33,36). The summed E-state index contributed by atoms with van der Waals surface area (Å²) in [5, 5.41) is 9.44. The number of aryl methyl sites for hydroxylation is 1. The molecule has 2 aromatic carbocycles. The number of anilines is 1. The van der Waals surface area contributed by atoms with Crippen LogP contribution >= 0.6 is 0 Å². The largest absolute Gasteiger partial charge is 0.508 e. The van der Waals surface area contributed by atoms with Crippen LogP contribution in [0.2, 0.25) is 0 Å². The van der Waals surface area contributed by atoms with E-state index in [0.717, 1.165) is 24.8 Å². The molecule has 0 atom stereocenters. The first kappa shape index (κ1) is 30.8. The molecule has 0 bridgehead atoms. The molecule has 0 aliphatic heterocycles. The fourth-order valence-electron chi connectivity index (χ4n) is 5.19. The number of hydrogen-bond donors (Lipinski definition) is 4. The Morgan fingerprint density at radius 1 is 0.667 bits per heavy atom. The number of imidazole rings is 1. The van der Waals surface area contributed by atoms with Gasteiger partial charge in [0, 0.05) is 5.69 Å². The number of aromatic nitrogens is 2. The molecule has 4 N–H and O–H groups in total. The molecule has 0 spiro atoms. The van der Waals surface area contributed by atoms with Crippen molar-refractivity contribution < 1.29 is 13.5 Å². The SMILES string of the molecule is CCCCCCCCCCCCCCCCCCc1ccc(S(=O)(=O)Nc2ccc(O)cc2)c2[nH]c(=O)[nH]c12. The highest BCUT2D eigenvalue weighted by Gasteiger charge is 2.21. The highest BCUT2D eigenvalue weighted by molar-refractivity contribution is 7.93. The number of hydrogen-bond acceptors (Lipinski definition) is 4. The molecular formula is C31H47N3O4S. The first-order valence-electron chi connectivity index (χ1n) is 15.0. The second-order valence-corrected chi connectivity index (χ2v) is 12.4. The van der Waals surface area contributed by atoms with Gasteiger partial charge in [0.1, 0.15) is 10.6 Å². The van der Waals surface area contributed by atoms with Crippen molar-refractivity contribution >= 4 is 26.7 Å². The van der Waals surface area contributed by atoms with Crippen molar-refractivity contribution in [1.82, 2.24) is 9.97 Å². The van der Waals surface area contributed by atoms with Crippen LogP contribution in [0, 0.1) is 0 Å².